The number of hydrogen-bond donors (Lipinski definition) is 4. The number of hydrogen-bond acceptors (Lipinski definition) is 3. The van der Waals surface area contributed by atoms with Crippen LogP contribution in [0.4, 0.5) is 20.6 Å². The average molecular weight is 367 g/mol. The van der Waals surface area contributed by atoms with E-state index in [-0.39, 0.29) is 11.3 Å². The van der Waals surface area contributed by atoms with Gasteiger partial charge in [0.2, 0.25) is 0 Å². The number of halogens is 2. The Morgan fingerprint density at radius 2 is 1.86 bits per heavy atom. The minimum absolute atomic E-state index is 0.00967. The van der Waals surface area contributed by atoms with E-state index in [0.717, 1.165) is 16.6 Å². The van der Waals surface area contributed by atoms with Gasteiger partial charge in [-0.3, -0.25) is 10.2 Å². The number of amides is 3. The molecule has 5 N–H and O–H groups in total. The molecule has 0 spiro atoms. The van der Waals surface area contributed by atoms with Crippen molar-refractivity contribution in [1.82, 2.24) is 5.43 Å². The summed E-state index contributed by atoms with van der Waals surface area (Å²) in [5.74, 6) is 3.82. The molecule has 0 fully saturated rings. The highest BCUT2D eigenvalue weighted by molar-refractivity contribution is 9.10. The van der Waals surface area contributed by atoms with Crippen molar-refractivity contribution >= 4 is 39.2 Å². The Balaban J connectivity index is 2.17. The lowest BCUT2D eigenvalue weighted by Crippen LogP contribution is -2.31. The second-order valence-corrected chi connectivity index (χ2v) is 5.17. The van der Waals surface area contributed by atoms with Crippen molar-refractivity contribution < 1.29 is 14.0 Å². The molecule has 22 heavy (non-hydrogen) atoms. The highest BCUT2D eigenvalue weighted by atomic mass is 79.9. The van der Waals surface area contributed by atoms with Crippen molar-refractivity contribution in [2.45, 2.75) is 0 Å². The van der Waals surface area contributed by atoms with Gasteiger partial charge in [0.25, 0.3) is 5.91 Å². The second kappa shape index (κ2) is 7.01. The van der Waals surface area contributed by atoms with E-state index >= 15 is 0 Å². The van der Waals surface area contributed by atoms with Crippen LogP contribution in [-0.2, 0) is 0 Å². The summed E-state index contributed by atoms with van der Waals surface area (Å²) in [6.07, 6.45) is 0. The van der Waals surface area contributed by atoms with Crippen LogP contribution in [0.1, 0.15) is 10.4 Å². The zero-order chi connectivity index (χ0) is 16.1. The third-order valence-electron chi connectivity index (χ3n) is 2.69. The highest BCUT2D eigenvalue weighted by Gasteiger charge is 2.13. The van der Waals surface area contributed by atoms with Gasteiger partial charge in [-0.1, -0.05) is 22.0 Å². The Morgan fingerprint density at radius 1 is 1.09 bits per heavy atom. The lowest BCUT2D eigenvalue weighted by molar-refractivity contribution is 0.0954. The first-order chi connectivity index (χ1) is 10.5. The highest BCUT2D eigenvalue weighted by Crippen LogP contribution is 2.19. The van der Waals surface area contributed by atoms with Crippen LogP contribution in [0, 0.1) is 5.82 Å². The third-order valence-corrected chi connectivity index (χ3v) is 3.18. The van der Waals surface area contributed by atoms with Gasteiger partial charge in [-0.05, 0) is 36.4 Å². The molecule has 0 aliphatic rings. The number of hydrazine groups is 1. The van der Waals surface area contributed by atoms with Crippen molar-refractivity contribution in [2.75, 3.05) is 10.6 Å². The number of rotatable bonds is 3. The molecule has 0 aliphatic carbocycles. The summed E-state index contributed by atoms with van der Waals surface area (Å²) in [6.45, 7) is 0. The lowest BCUT2D eigenvalue weighted by atomic mass is 10.1. The standard InChI is InChI=1S/C14H12BrFN4O2/c15-8-2-1-3-10(6-8)18-14(22)19-12-7-9(16)4-5-11(12)13(21)20-17/h1-7H,17H2,(H,20,21)(H2,18,19,22). The zero-order valence-corrected chi connectivity index (χ0v) is 12.8. The smallest absolute Gasteiger partial charge is 0.308 e. The maximum absolute atomic E-state index is 13.3. The summed E-state index contributed by atoms with van der Waals surface area (Å²) < 4.78 is 14.1. The van der Waals surface area contributed by atoms with Gasteiger partial charge in [0.15, 0.2) is 0 Å². The molecule has 114 valence electrons. The van der Waals surface area contributed by atoms with Crippen LogP contribution in [-0.4, -0.2) is 11.9 Å². The fraction of sp³-hybridized carbons (Fsp3) is 0. The predicted molar refractivity (Wildman–Crippen MR) is 84.8 cm³/mol. The monoisotopic (exact) mass is 366 g/mol. The van der Waals surface area contributed by atoms with E-state index in [1.165, 1.54) is 6.07 Å². The largest absolute Gasteiger partial charge is 0.323 e. The van der Waals surface area contributed by atoms with Gasteiger partial charge in [0.05, 0.1) is 11.3 Å². The number of nitrogens with one attached hydrogen (secondary N) is 3. The average Bonchev–Trinajstić information content (AvgIpc) is 2.46. The molecule has 2 aromatic rings. The molecule has 0 saturated heterocycles. The van der Waals surface area contributed by atoms with Crippen molar-refractivity contribution in [3.05, 3.63) is 58.3 Å². The SMILES string of the molecule is NNC(=O)c1ccc(F)cc1NC(=O)Nc1cccc(Br)c1. The molecule has 0 saturated carbocycles. The van der Waals surface area contributed by atoms with Crippen LogP contribution in [0.2, 0.25) is 0 Å². The molecule has 0 aliphatic heterocycles. The molecule has 2 rings (SSSR count). The molecule has 0 atom stereocenters. The number of nitrogens with two attached hydrogens (primary N) is 1. The molecule has 0 aromatic heterocycles. The number of carbonyl (C=O) groups excluding carboxylic acids is 2. The Labute approximate surface area is 134 Å². The van der Waals surface area contributed by atoms with Crippen molar-refractivity contribution in [3.63, 3.8) is 0 Å². The molecule has 8 heteroatoms. The van der Waals surface area contributed by atoms with E-state index < -0.39 is 17.8 Å². The summed E-state index contributed by atoms with van der Waals surface area (Å²) in [5.41, 5.74) is 2.53. The van der Waals surface area contributed by atoms with E-state index in [9.17, 15) is 14.0 Å². The molecule has 3 amide bonds. The van der Waals surface area contributed by atoms with E-state index in [2.05, 4.69) is 26.6 Å². The molecule has 2 aromatic carbocycles. The fourth-order valence-corrected chi connectivity index (χ4v) is 2.15. The van der Waals surface area contributed by atoms with Gasteiger partial charge in [-0.25, -0.2) is 15.0 Å². The summed E-state index contributed by atoms with van der Waals surface area (Å²) in [7, 11) is 0. The number of benzene rings is 2. The molecule has 0 bridgehead atoms. The van der Waals surface area contributed by atoms with Gasteiger partial charge in [0, 0.05) is 10.2 Å². The van der Waals surface area contributed by atoms with E-state index in [0.29, 0.717) is 5.69 Å². The maximum Gasteiger partial charge on any atom is 0.323 e. The van der Waals surface area contributed by atoms with Gasteiger partial charge in [-0.2, -0.15) is 0 Å². The molecule has 6 nitrogen and oxygen atoms in total. The van der Waals surface area contributed by atoms with Gasteiger partial charge < -0.3 is 10.6 Å². The first-order valence-corrected chi connectivity index (χ1v) is 6.93. The Morgan fingerprint density at radius 3 is 2.55 bits per heavy atom. The van der Waals surface area contributed by atoms with E-state index in [1.807, 2.05) is 5.43 Å². The van der Waals surface area contributed by atoms with Crippen LogP contribution in [0.25, 0.3) is 0 Å². The molecule has 0 heterocycles. The summed E-state index contributed by atoms with van der Waals surface area (Å²) in [4.78, 5) is 23.5. The number of urea groups is 1. The Hall–Kier alpha value is -2.45. The molecule has 0 radical (unpaired) electrons. The Bertz CT molecular complexity index is 724. The maximum atomic E-state index is 13.3. The van der Waals surface area contributed by atoms with E-state index in [4.69, 9.17) is 5.84 Å². The van der Waals surface area contributed by atoms with Crippen LogP contribution in [0.3, 0.4) is 0 Å². The zero-order valence-electron chi connectivity index (χ0n) is 11.2. The van der Waals surface area contributed by atoms with Gasteiger partial charge in [-0.15, -0.1) is 0 Å². The Kier molecular flexibility index (Phi) is 5.08. The summed E-state index contributed by atoms with van der Waals surface area (Å²) >= 11 is 3.28. The van der Waals surface area contributed by atoms with Crippen molar-refractivity contribution in [1.29, 1.82) is 0 Å². The first-order valence-electron chi connectivity index (χ1n) is 6.13. The number of nitrogen functional groups attached to an aromatic ring is 1. The first kappa shape index (κ1) is 15.9. The third kappa shape index (κ3) is 4.03. The molecular weight excluding hydrogens is 355 g/mol. The molecular formula is C14H12BrFN4O2. The van der Waals surface area contributed by atoms with Crippen LogP contribution in [0.15, 0.2) is 46.9 Å². The minimum Gasteiger partial charge on any atom is -0.308 e. The summed E-state index contributed by atoms with van der Waals surface area (Å²) in [5, 5.41) is 4.98. The topological polar surface area (TPSA) is 96.2 Å². The van der Waals surface area contributed by atoms with Crippen LogP contribution < -0.4 is 21.9 Å². The number of anilines is 2. The van der Waals surface area contributed by atoms with E-state index in [1.54, 1.807) is 24.3 Å². The lowest BCUT2D eigenvalue weighted by Gasteiger charge is -2.11. The fourth-order valence-electron chi connectivity index (χ4n) is 1.75. The van der Waals surface area contributed by atoms with Crippen LogP contribution >= 0.6 is 15.9 Å². The van der Waals surface area contributed by atoms with Gasteiger partial charge in [0.1, 0.15) is 5.82 Å². The summed E-state index contributed by atoms with van der Waals surface area (Å²) in [6, 6.07) is 9.67. The van der Waals surface area contributed by atoms with Crippen molar-refractivity contribution in [3.8, 4) is 0 Å². The van der Waals surface area contributed by atoms with Crippen molar-refractivity contribution in [2.24, 2.45) is 5.84 Å². The predicted octanol–water partition coefficient (Wildman–Crippen LogP) is 2.84. The number of carbonyl (C=O) groups is 2. The second-order valence-electron chi connectivity index (χ2n) is 4.25. The van der Waals surface area contributed by atoms with Crippen LogP contribution in [0.5, 0.6) is 0 Å². The normalized spacial score (nSPS) is 9.95. The van der Waals surface area contributed by atoms with Gasteiger partial charge >= 0.3 is 6.03 Å². The minimum atomic E-state index is -0.641. The molecule has 0 unspecified atom stereocenters. The quantitative estimate of drug-likeness (QED) is 0.382.